The fourth-order valence-corrected chi connectivity index (χ4v) is 1.85. The van der Waals surface area contributed by atoms with Gasteiger partial charge in [0, 0.05) is 18.8 Å². The van der Waals surface area contributed by atoms with Gasteiger partial charge in [-0.1, -0.05) is 30.3 Å². The molecular formula is C14H13N3O3. The van der Waals surface area contributed by atoms with Crippen molar-refractivity contribution in [3.05, 3.63) is 54.5 Å². The minimum Gasteiger partial charge on any atom is -0.480 e. The number of aromatic nitrogens is 2. The van der Waals surface area contributed by atoms with Gasteiger partial charge >= 0.3 is 5.97 Å². The highest BCUT2D eigenvalue weighted by atomic mass is 16.4. The van der Waals surface area contributed by atoms with Crippen molar-refractivity contribution < 1.29 is 14.7 Å². The topological polar surface area (TPSA) is 83.4 Å². The number of amides is 1. The first-order valence-corrected chi connectivity index (χ1v) is 5.98. The van der Waals surface area contributed by atoms with Crippen LogP contribution in [-0.2, 0) is 16.0 Å². The van der Waals surface area contributed by atoms with Crippen molar-refractivity contribution in [2.24, 2.45) is 0 Å². The molecule has 1 N–H and O–H groups in total. The SMILES string of the molecule is O=CN(c1cnccn1)C(Cc1ccccc1)C(=O)O. The maximum absolute atomic E-state index is 11.4. The smallest absolute Gasteiger partial charge is 0.327 e. The molecule has 0 bridgehead atoms. The second-order valence-electron chi connectivity index (χ2n) is 4.12. The molecule has 0 aliphatic rings. The molecule has 0 fully saturated rings. The van der Waals surface area contributed by atoms with Crippen LogP contribution in [0.1, 0.15) is 5.56 Å². The van der Waals surface area contributed by atoms with Crippen LogP contribution in [0.15, 0.2) is 48.9 Å². The van der Waals surface area contributed by atoms with E-state index in [0.717, 1.165) is 10.5 Å². The average molecular weight is 271 g/mol. The van der Waals surface area contributed by atoms with Crippen molar-refractivity contribution in [3.63, 3.8) is 0 Å². The molecule has 20 heavy (non-hydrogen) atoms. The molecule has 0 spiro atoms. The molecule has 2 rings (SSSR count). The Morgan fingerprint density at radius 3 is 2.60 bits per heavy atom. The van der Waals surface area contributed by atoms with Gasteiger partial charge in [0.1, 0.15) is 6.04 Å². The van der Waals surface area contributed by atoms with Crippen LogP contribution >= 0.6 is 0 Å². The molecule has 1 aromatic heterocycles. The van der Waals surface area contributed by atoms with Crippen LogP contribution in [0.4, 0.5) is 5.82 Å². The van der Waals surface area contributed by atoms with Crippen molar-refractivity contribution in [1.29, 1.82) is 0 Å². The molecule has 1 amide bonds. The van der Waals surface area contributed by atoms with E-state index in [1.54, 1.807) is 0 Å². The Balaban J connectivity index is 2.27. The lowest BCUT2D eigenvalue weighted by Gasteiger charge is -2.23. The van der Waals surface area contributed by atoms with Gasteiger partial charge in [-0.3, -0.25) is 14.7 Å². The van der Waals surface area contributed by atoms with Gasteiger partial charge in [-0.25, -0.2) is 9.78 Å². The summed E-state index contributed by atoms with van der Waals surface area (Å²) >= 11 is 0. The van der Waals surface area contributed by atoms with E-state index >= 15 is 0 Å². The van der Waals surface area contributed by atoms with Gasteiger partial charge in [-0.05, 0) is 5.56 Å². The molecule has 0 aliphatic carbocycles. The third kappa shape index (κ3) is 3.17. The standard InChI is InChI=1S/C14H13N3O3/c18-10-17(13-9-15-6-7-16-13)12(14(19)20)8-11-4-2-1-3-5-11/h1-7,9-10,12H,8H2,(H,19,20). The van der Waals surface area contributed by atoms with Crippen molar-refractivity contribution >= 4 is 18.2 Å². The molecule has 6 heteroatoms. The second kappa shape index (κ2) is 6.42. The van der Waals surface area contributed by atoms with E-state index in [0.29, 0.717) is 6.41 Å². The third-order valence-electron chi connectivity index (χ3n) is 2.82. The average Bonchev–Trinajstić information content (AvgIpc) is 2.49. The molecule has 0 aliphatic heterocycles. The van der Waals surface area contributed by atoms with Crippen LogP contribution in [0.25, 0.3) is 0 Å². The Morgan fingerprint density at radius 2 is 2.05 bits per heavy atom. The van der Waals surface area contributed by atoms with Crippen LogP contribution in [0.5, 0.6) is 0 Å². The summed E-state index contributed by atoms with van der Waals surface area (Å²) in [6.07, 6.45) is 4.89. The number of hydrogen-bond acceptors (Lipinski definition) is 4. The zero-order valence-electron chi connectivity index (χ0n) is 10.6. The summed E-state index contributed by atoms with van der Waals surface area (Å²) in [5, 5.41) is 9.35. The molecule has 0 saturated heterocycles. The van der Waals surface area contributed by atoms with Crippen LogP contribution in [0.2, 0.25) is 0 Å². The van der Waals surface area contributed by atoms with Crippen molar-refractivity contribution in [2.45, 2.75) is 12.5 Å². The van der Waals surface area contributed by atoms with Gasteiger partial charge in [0.25, 0.3) is 0 Å². The molecule has 1 atom stereocenters. The maximum Gasteiger partial charge on any atom is 0.327 e. The van der Waals surface area contributed by atoms with E-state index in [2.05, 4.69) is 9.97 Å². The monoisotopic (exact) mass is 271 g/mol. The van der Waals surface area contributed by atoms with Gasteiger partial charge in [-0.2, -0.15) is 0 Å². The zero-order chi connectivity index (χ0) is 14.4. The highest BCUT2D eigenvalue weighted by Gasteiger charge is 2.27. The lowest BCUT2D eigenvalue weighted by atomic mass is 10.1. The Bertz CT molecular complexity index is 575. The number of rotatable bonds is 6. The van der Waals surface area contributed by atoms with Gasteiger partial charge < -0.3 is 5.11 Å². The molecule has 1 aromatic carbocycles. The number of aliphatic carboxylic acids is 1. The van der Waals surface area contributed by atoms with Gasteiger partial charge in [0.15, 0.2) is 5.82 Å². The summed E-state index contributed by atoms with van der Waals surface area (Å²) in [7, 11) is 0. The maximum atomic E-state index is 11.4. The summed E-state index contributed by atoms with van der Waals surface area (Å²) in [4.78, 5) is 31.5. The molecule has 1 heterocycles. The molecular weight excluding hydrogens is 258 g/mol. The Morgan fingerprint density at radius 1 is 1.30 bits per heavy atom. The summed E-state index contributed by atoms with van der Waals surface area (Å²) in [5.41, 5.74) is 0.829. The number of carboxylic acids is 1. The van der Waals surface area contributed by atoms with E-state index < -0.39 is 12.0 Å². The first-order valence-electron chi connectivity index (χ1n) is 5.98. The second-order valence-corrected chi connectivity index (χ2v) is 4.12. The predicted molar refractivity (Wildman–Crippen MR) is 72.1 cm³/mol. The minimum absolute atomic E-state index is 0.200. The van der Waals surface area contributed by atoms with E-state index in [1.165, 1.54) is 18.6 Å². The van der Waals surface area contributed by atoms with E-state index in [-0.39, 0.29) is 12.2 Å². The molecule has 1 unspecified atom stereocenters. The van der Waals surface area contributed by atoms with Gasteiger partial charge in [-0.15, -0.1) is 0 Å². The predicted octanol–water partition coefficient (Wildman–Crippen LogP) is 1.14. The highest BCUT2D eigenvalue weighted by Crippen LogP contribution is 2.14. The fraction of sp³-hybridized carbons (Fsp3) is 0.143. The lowest BCUT2D eigenvalue weighted by Crippen LogP contribution is -2.42. The Hall–Kier alpha value is -2.76. The summed E-state index contributed by atoms with van der Waals surface area (Å²) in [5.74, 6) is -0.877. The van der Waals surface area contributed by atoms with E-state index in [9.17, 15) is 14.7 Å². The zero-order valence-corrected chi connectivity index (χ0v) is 10.6. The van der Waals surface area contributed by atoms with Crippen molar-refractivity contribution in [1.82, 2.24) is 9.97 Å². The highest BCUT2D eigenvalue weighted by molar-refractivity contribution is 5.87. The largest absolute Gasteiger partial charge is 0.480 e. The van der Waals surface area contributed by atoms with Crippen LogP contribution in [-0.4, -0.2) is 33.5 Å². The summed E-state index contributed by atoms with van der Waals surface area (Å²) < 4.78 is 0. The minimum atomic E-state index is -1.09. The first kappa shape index (κ1) is 13.7. The number of nitrogens with zero attached hydrogens (tertiary/aromatic N) is 3. The fourth-order valence-electron chi connectivity index (χ4n) is 1.85. The Kier molecular flexibility index (Phi) is 4.39. The number of carbonyl (C=O) groups is 2. The molecule has 0 saturated carbocycles. The molecule has 2 aromatic rings. The first-order chi connectivity index (χ1) is 9.72. The van der Waals surface area contributed by atoms with Crippen LogP contribution in [0.3, 0.4) is 0 Å². The Labute approximate surface area is 115 Å². The van der Waals surface area contributed by atoms with Crippen molar-refractivity contribution in [3.8, 4) is 0 Å². The summed E-state index contributed by atoms with van der Waals surface area (Å²) in [6, 6.07) is 8.10. The van der Waals surface area contributed by atoms with Crippen molar-refractivity contribution in [2.75, 3.05) is 4.90 Å². The third-order valence-corrected chi connectivity index (χ3v) is 2.82. The molecule has 6 nitrogen and oxygen atoms in total. The number of carbonyl (C=O) groups excluding carboxylic acids is 1. The molecule has 0 radical (unpaired) electrons. The van der Waals surface area contributed by atoms with Crippen LogP contribution in [0, 0.1) is 0 Å². The number of hydrogen-bond donors (Lipinski definition) is 1. The summed E-state index contributed by atoms with van der Waals surface area (Å²) in [6.45, 7) is 0. The van der Waals surface area contributed by atoms with E-state index in [4.69, 9.17) is 0 Å². The van der Waals surface area contributed by atoms with E-state index in [1.807, 2.05) is 30.3 Å². The van der Waals surface area contributed by atoms with Gasteiger partial charge in [0.05, 0.1) is 6.20 Å². The number of benzene rings is 1. The number of carboxylic acid groups (broad SMARTS) is 1. The lowest BCUT2D eigenvalue weighted by molar-refractivity contribution is -0.139. The van der Waals surface area contributed by atoms with Crippen LogP contribution < -0.4 is 4.90 Å². The normalized spacial score (nSPS) is 11.6. The number of anilines is 1. The molecule has 102 valence electrons. The quantitative estimate of drug-likeness (QED) is 0.796. The van der Waals surface area contributed by atoms with Gasteiger partial charge in [0.2, 0.25) is 6.41 Å².